The number of hydrogen-bond acceptors (Lipinski definition) is 5. The molecule has 0 unspecified atom stereocenters. The Morgan fingerprint density at radius 1 is 1.00 bits per heavy atom. The third kappa shape index (κ3) is 5.90. The minimum absolute atomic E-state index is 0.0315. The Hall–Kier alpha value is -2.71. The van der Waals surface area contributed by atoms with Crippen LogP contribution in [0.5, 0.6) is 0 Å². The van der Waals surface area contributed by atoms with Crippen molar-refractivity contribution >= 4 is 27.4 Å². The molecular weight excluding hydrogens is 366 g/mol. The highest BCUT2D eigenvalue weighted by atomic mass is 32.2. The van der Waals surface area contributed by atoms with Crippen LogP contribution in [0.3, 0.4) is 0 Å². The quantitative estimate of drug-likeness (QED) is 0.673. The first-order valence-electron chi connectivity index (χ1n) is 8.36. The molecule has 0 bridgehead atoms. The van der Waals surface area contributed by atoms with Crippen LogP contribution < -0.4 is 10.0 Å². The molecule has 7 nitrogen and oxygen atoms in total. The van der Waals surface area contributed by atoms with Gasteiger partial charge in [-0.2, -0.15) is 0 Å². The number of ketones is 1. The minimum atomic E-state index is -3.90. The van der Waals surface area contributed by atoms with Crippen LogP contribution >= 0.6 is 0 Å². The second-order valence-corrected chi connectivity index (χ2v) is 8.01. The molecule has 0 radical (unpaired) electrons. The van der Waals surface area contributed by atoms with E-state index in [2.05, 4.69) is 10.0 Å². The molecule has 0 saturated carbocycles. The summed E-state index contributed by atoms with van der Waals surface area (Å²) < 4.78 is 27.7. The number of anilines is 1. The van der Waals surface area contributed by atoms with E-state index in [1.165, 1.54) is 31.2 Å². The molecule has 2 rings (SSSR count). The average Bonchev–Trinajstić information content (AvgIpc) is 2.61. The Morgan fingerprint density at radius 3 is 2.33 bits per heavy atom. The SMILES string of the molecule is CC(=O)c1cccc(NS(=O)(=O)c2cccc(C(=O)NCCN(C)C)c2)c1. The molecule has 2 N–H and O–H groups in total. The first kappa shape index (κ1) is 20.6. The zero-order chi connectivity index (χ0) is 20.0. The summed E-state index contributed by atoms with van der Waals surface area (Å²) in [4.78, 5) is 25.6. The second kappa shape index (κ2) is 8.79. The van der Waals surface area contributed by atoms with E-state index in [4.69, 9.17) is 0 Å². The fourth-order valence-electron chi connectivity index (χ4n) is 2.32. The van der Waals surface area contributed by atoms with Gasteiger partial charge in [0.15, 0.2) is 5.78 Å². The molecule has 0 aliphatic carbocycles. The van der Waals surface area contributed by atoms with Gasteiger partial charge in [-0.3, -0.25) is 14.3 Å². The lowest BCUT2D eigenvalue weighted by Gasteiger charge is -2.12. The lowest BCUT2D eigenvalue weighted by molar-refractivity contribution is 0.0949. The van der Waals surface area contributed by atoms with Gasteiger partial charge < -0.3 is 10.2 Å². The molecule has 8 heteroatoms. The van der Waals surface area contributed by atoms with Crippen molar-refractivity contribution in [2.45, 2.75) is 11.8 Å². The maximum absolute atomic E-state index is 12.6. The summed E-state index contributed by atoms with van der Waals surface area (Å²) in [6.07, 6.45) is 0. The zero-order valence-electron chi connectivity index (χ0n) is 15.5. The van der Waals surface area contributed by atoms with Crippen molar-refractivity contribution in [1.82, 2.24) is 10.2 Å². The van der Waals surface area contributed by atoms with Gasteiger partial charge in [0.2, 0.25) is 0 Å². The highest BCUT2D eigenvalue weighted by Crippen LogP contribution is 2.18. The molecule has 2 aromatic carbocycles. The monoisotopic (exact) mass is 389 g/mol. The Balaban J connectivity index is 2.18. The molecule has 0 saturated heterocycles. The van der Waals surface area contributed by atoms with Crippen LogP contribution in [-0.4, -0.2) is 52.2 Å². The van der Waals surface area contributed by atoms with Crippen molar-refractivity contribution in [3.05, 3.63) is 59.7 Å². The topological polar surface area (TPSA) is 95.6 Å². The van der Waals surface area contributed by atoms with Gasteiger partial charge in [0.25, 0.3) is 15.9 Å². The first-order valence-corrected chi connectivity index (χ1v) is 9.84. The summed E-state index contributed by atoms with van der Waals surface area (Å²) in [5.74, 6) is -0.500. The van der Waals surface area contributed by atoms with Crippen LogP contribution in [-0.2, 0) is 10.0 Å². The van der Waals surface area contributed by atoms with Gasteiger partial charge in [-0.15, -0.1) is 0 Å². The molecule has 0 aliphatic rings. The number of likely N-dealkylation sites (N-methyl/N-ethyl adjacent to an activating group) is 1. The summed E-state index contributed by atoms with van der Waals surface area (Å²) in [6.45, 7) is 2.54. The number of rotatable bonds is 8. The standard InChI is InChI=1S/C19H23N3O4S/c1-14(23)15-6-4-8-17(12-15)21-27(25,26)18-9-5-7-16(13-18)19(24)20-10-11-22(2)3/h4-9,12-13,21H,10-11H2,1-3H3,(H,20,24). The van der Waals surface area contributed by atoms with Crippen molar-refractivity contribution in [1.29, 1.82) is 0 Å². The van der Waals surface area contributed by atoms with E-state index in [1.54, 1.807) is 24.3 Å². The summed E-state index contributed by atoms with van der Waals surface area (Å²) in [6, 6.07) is 12.0. The molecular formula is C19H23N3O4S. The Labute approximate surface area is 159 Å². The number of amides is 1. The molecule has 0 heterocycles. The fourth-order valence-corrected chi connectivity index (χ4v) is 3.41. The van der Waals surface area contributed by atoms with E-state index in [0.29, 0.717) is 18.7 Å². The molecule has 0 aliphatic heterocycles. The number of hydrogen-bond donors (Lipinski definition) is 2. The van der Waals surface area contributed by atoms with Crippen molar-refractivity contribution in [3.63, 3.8) is 0 Å². The predicted molar refractivity (Wildman–Crippen MR) is 105 cm³/mol. The largest absolute Gasteiger partial charge is 0.351 e. The predicted octanol–water partition coefficient (Wildman–Crippen LogP) is 1.98. The van der Waals surface area contributed by atoms with Gasteiger partial charge >= 0.3 is 0 Å². The highest BCUT2D eigenvalue weighted by Gasteiger charge is 2.17. The smallest absolute Gasteiger partial charge is 0.261 e. The van der Waals surface area contributed by atoms with Crippen LogP contribution in [0.25, 0.3) is 0 Å². The molecule has 0 spiro atoms. The molecule has 0 aromatic heterocycles. The van der Waals surface area contributed by atoms with Gasteiger partial charge in [0.05, 0.1) is 4.90 Å². The van der Waals surface area contributed by atoms with Crippen LogP contribution in [0.4, 0.5) is 5.69 Å². The van der Waals surface area contributed by atoms with Crippen molar-refractivity contribution in [2.24, 2.45) is 0 Å². The first-order chi connectivity index (χ1) is 12.7. The number of Topliss-reactive ketones (excluding diaryl/α,β-unsaturated/α-hetero) is 1. The van der Waals surface area contributed by atoms with E-state index >= 15 is 0 Å². The normalized spacial score (nSPS) is 11.3. The van der Waals surface area contributed by atoms with Crippen LogP contribution in [0.2, 0.25) is 0 Å². The Bertz CT molecular complexity index is 939. The second-order valence-electron chi connectivity index (χ2n) is 6.33. The molecule has 144 valence electrons. The van der Waals surface area contributed by atoms with E-state index in [9.17, 15) is 18.0 Å². The summed E-state index contributed by atoms with van der Waals surface area (Å²) in [5.41, 5.74) is 0.946. The third-order valence-electron chi connectivity index (χ3n) is 3.77. The summed E-state index contributed by atoms with van der Waals surface area (Å²) >= 11 is 0. The summed E-state index contributed by atoms with van der Waals surface area (Å²) in [5, 5.41) is 2.75. The van der Waals surface area contributed by atoms with Crippen LogP contribution in [0.15, 0.2) is 53.4 Å². The van der Waals surface area contributed by atoms with Crippen LogP contribution in [0.1, 0.15) is 27.6 Å². The average molecular weight is 389 g/mol. The van der Waals surface area contributed by atoms with E-state index < -0.39 is 10.0 Å². The molecule has 27 heavy (non-hydrogen) atoms. The summed E-state index contributed by atoms with van der Waals surface area (Å²) in [7, 11) is -0.105. The number of carbonyl (C=O) groups excluding carboxylic acids is 2. The molecule has 0 atom stereocenters. The van der Waals surface area contributed by atoms with Gasteiger partial charge in [-0.1, -0.05) is 18.2 Å². The zero-order valence-corrected chi connectivity index (χ0v) is 16.3. The molecule has 0 fully saturated rings. The number of nitrogens with one attached hydrogen (secondary N) is 2. The van der Waals surface area contributed by atoms with Gasteiger partial charge in [0, 0.05) is 29.9 Å². The lowest BCUT2D eigenvalue weighted by Crippen LogP contribution is -2.31. The number of carbonyl (C=O) groups is 2. The number of nitrogens with zero attached hydrogens (tertiary/aromatic N) is 1. The third-order valence-corrected chi connectivity index (χ3v) is 5.15. The van der Waals surface area contributed by atoms with E-state index in [0.717, 1.165) is 0 Å². The Morgan fingerprint density at radius 2 is 1.67 bits per heavy atom. The van der Waals surface area contributed by atoms with Crippen LogP contribution in [0, 0.1) is 0 Å². The number of benzene rings is 2. The van der Waals surface area contributed by atoms with E-state index in [-0.39, 0.29) is 27.8 Å². The molecule has 2 aromatic rings. The number of sulfonamides is 1. The van der Waals surface area contributed by atoms with Gasteiger partial charge in [-0.05, 0) is 51.4 Å². The van der Waals surface area contributed by atoms with E-state index in [1.807, 2.05) is 19.0 Å². The minimum Gasteiger partial charge on any atom is -0.351 e. The fraction of sp³-hybridized carbons (Fsp3) is 0.263. The Kier molecular flexibility index (Phi) is 6.70. The lowest BCUT2D eigenvalue weighted by atomic mass is 10.1. The van der Waals surface area contributed by atoms with Gasteiger partial charge in [-0.25, -0.2) is 8.42 Å². The maximum Gasteiger partial charge on any atom is 0.261 e. The highest BCUT2D eigenvalue weighted by molar-refractivity contribution is 7.92. The van der Waals surface area contributed by atoms with Crippen molar-refractivity contribution < 1.29 is 18.0 Å². The van der Waals surface area contributed by atoms with Gasteiger partial charge in [0.1, 0.15) is 0 Å². The van der Waals surface area contributed by atoms with Crippen molar-refractivity contribution in [2.75, 3.05) is 31.9 Å². The maximum atomic E-state index is 12.6. The molecule has 1 amide bonds. The van der Waals surface area contributed by atoms with Crippen molar-refractivity contribution in [3.8, 4) is 0 Å².